The lowest BCUT2D eigenvalue weighted by atomic mass is 10.2. The van der Waals surface area contributed by atoms with Crippen LogP contribution < -0.4 is 10.6 Å². The van der Waals surface area contributed by atoms with E-state index >= 15 is 0 Å². The number of carbonyl (C=O) groups excluding carboxylic acids is 1. The van der Waals surface area contributed by atoms with E-state index < -0.39 is 17.2 Å². The molecule has 1 fully saturated rings. The fourth-order valence-corrected chi connectivity index (χ4v) is 2.37. The number of benzene rings is 2. The molecule has 1 aliphatic heterocycles. The number of nitrogens with zero attached hydrogens (tertiary/aromatic N) is 2. The molecule has 0 unspecified atom stereocenters. The molecular formula is C18H21F2N3O. The highest BCUT2D eigenvalue weighted by Crippen LogP contribution is 2.17. The number of likely N-dealkylation sites (N-methyl/N-ethyl adjacent to an activating group) is 1. The molecule has 0 aromatic heterocycles. The standard InChI is InChI=1S/C11H17N3.C7H4F2O/c1-13-6-8-14(9-7-13)11-4-2-10(12)3-5-11;8-6-2-1-3-7(9)5(6)4-10/h2-5H,6-9,12H2,1H3;1-4H. The lowest BCUT2D eigenvalue weighted by Crippen LogP contribution is -2.44. The Morgan fingerprint density at radius 1 is 0.958 bits per heavy atom. The fourth-order valence-electron chi connectivity index (χ4n) is 2.37. The van der Waals surface area contributed by atoms with Gasteiger partial charge in [-0.2, -0.15) is 0 Å². The molecule has 4 nitrogen and oxygen atoms in total. The quantitative estimate of drug-likeness (QED) is 0.678. The molecule has 3 rings (SSSR count). The average molecular weight is 333 g/mol. The molecular weight excluding hydrogens is 312 g/mol. The largest absolute Gasteiger partial charge is 0.399 e. The predicted molar refractivity (Wildman–Crippen MR) is 92.3 cm³/mol. The Bertz CT molecular complexity index is 648. The maximum Gasteiger partial charge on any atom is 0.155 e. The van der Waals surface area contributed by atoms with Gasteiger partial charge in [-0.3, -0.25) is 4.79 Å². The van der Waals surface area contributed by atoms with Crippen LogP contribution in [0.4, 0.5) is 20.2 Å². The molecule has 0 bridgehead atoms. The molecule has 1 saturated heterocycles. The third-order valence-corrected chi connectivity index (χ3v) is 3.88. The number of hydrogen-bond acceptors (Lipinski definition) is 4. The fraction of sp³-hybridized carbons (Fsp3) is 0.278. The van der Waals surface area contributed by atoms with Crippen LogP contribution >= 0.6 is 0 Å². The Labute approximate surface area is 140 Å². The Hall–Kier alpha value is -2.47. The van der Waals surface area contributed by atoms with Gasteiger partial charge in [-0.1, -0.05) is 6.07 Å². The smallest absolute Gasteiger partial charge is 0.155 e. The highest BCUT2D eigenvalue weighted by molar-refractivity contribution is 5.75. The van der Waals surface area contributed by atoms with E-state index in [9.17, 15) is 13.6 Å². The summed E-state index contributed by atoms with van der Waals surface area (Å²) in [6.07, 6.45) is 0.157. The molecule has 0 spiro atoms. The molecule has 1 heterocycles. The topological polar surface area (TPSA) is 49.6 Å². The van der Waals surface area contributed by atoms with Gasteiger partial charge in [-0.05, 0) is 43.4 Å². The summed E-state index contributed by atoms with van der Waals surface area (Å²) in [5.74, 6) is -1.65. The van der Waals surface area contributed by atoms with Gasteiger partial charge >= 0.3 is 0 Å². The maximum absolute atomic E-state index is 12.4. The van der Waals surface area contributed by atoms with Crippen molar-refractivity contribution in [1.82, 2.24) is 4.90 Å². The number of hydrogen-bond donors (Lipinski definition) is 1. The predicted octanol–water partition coefficient (Wildman–Crippen LogP) is 2.80. The van der Waals surface area contributed by atoms with Crippen LogP contribution in [0.25, 0.3) is 0 Å². The number of rotatable bonds is 2. The molecule has 0 amide bonds. The lowest BCUT2D eigenvalue weighted by molar-refractivity contribution is 0.111. The molecule has 2 aromatic rings. The monoisotopic (exact) mass is 333 g/mol. The second kappa shape index (κ2) is 8.40. The van der Waals surface area contributed by atoms with Crippen molar-refractivity contribution in [2.75, 3.05) is 43.9 Å². The van der Waals surface area contributed by atoms with Crippen LogP contribution in [0, 0.1) is 11.6 Å². The van der Waals surface area contributed by atoms with E-state index in [0.29, 0.717) is 0 Å². The van der Waals surface area contributed by atoms with Crippen molar-refractivity contribution in [3.63, 3.8) is 0 Å². The van der Waals surface area contributed by atoms with E-state index in [2.05, 4.69) is 29.0 Å². The minimum Gasteiger partial charge on any atom is -0.399 e. The number of anilines is 2. The Morgan fingerprint density at radius 2 is 1.50 bits per heavy atom. The van der Waals surface area contributed by atoms with Crippen LogP contribution in [-0.4, -0.2) is 44.4 Å². The highest BCUT2D eigenvalue weighted by Gasteiger charge is 2.13. The van der Waals surface area contributed by atoms with Gasteiger partial charge in [-0.15, -0.1) is 0 Å². The summed E-state index contributed by atoms with van der Waals surface area (Å²) < 4.78 is 24.8. The number of nitrogens with two attached hydrogens (primary N) is 1. The zero-order valence-electron chi connectivity index (χ0n) is 13.6. The van der Waals surface area contributed by atoms with Gasteiger partial charge in [0.25, 0.3) is 0 Å². The molecule has 1 aliphatic rings. The van der Waals surface area contributed by atoms with Gasteiger partial charge in [0.05, 0.1) is 5.56 Å². The van der Waals surface area contributed by atoms with Crippen molar-refractivity contribution in [3.8, 4) is 0 Å². The third-order valence-electron chi connectivity index (χ3n) is 3.88. The van der Waals surface area contributed by atoms with Gasteiger partial charge in [-0.25, -0.2) is 8.78 Å². The molecule has 0 saturated carbocycles. The summed E-state index contributed by atoms with van der Waals surface area (Å²) in [6.45, 7) is 4.51. The molecule has 0 aliphatic carbocycles. The SMILES string of the molecule is CN1CCN(c2ccc(N)cc2)CC1.O=Cc1c(F)cccc1F. The van der Waals surface area contributed by atoms with E-state index in [-0.39, 0.29) is 6.29 Å². The molecule has 0 atom stereocenters. The van der Waals surface area contributed by atoms with Crippen molar-refractivity contribution < 1.29 is 13.6 Å². The first kappa shape index (κ1) is 17.9. The van der Waals surface area contributed by atoms with Crippen molar-refractivity contribution in [1.29, 1.82) is 0 Å². The summed E-state index contributed by atoms with van der Waals surface area (Å²) in [5, 5.41) is 0. The number of piperazine rings is 1. The van der Waals surface area contributed by atoms with Crippen LogP contribution in [0.3, 0.4) is 0 Å². The number of carbonyl (C=O) groups is 1. The van der Waals surface area contributed by atoms with Gasteiger partial charge in [0, 0.05) is 37.6 Å². The van der Waals surface area contributed by atoms with Crippen LogP contribution in [0.15, 0.2) is 42.5 Å². The van der Waals surface area contributed by atoms with Crippen molar-refractivity contribution in [2.24, 2.45) is 0 Å². The highest BCUT2D eigenvalue weighted by atomic mass is 19.1. The van der Waals surface area contributed by atoms with Crippen LogP contribution in [0.1, 0.15) is 10.4 Å². The van der Waals surface area contributed by atoms with Crippen molar-refractivity contribution in [3.05, 3.63) is 59.7 Å². The third kappa shape index (κ3) is 4.76. The number of nitrogen functional groups attached to an aromatic ring is 1. The van der Waals surface area contributed by atoms with E-state index in [1.54, 1.807) is 0 Å². The first-order chi connectivity index (χ1) is 11.5. The van der Waals surface area contributed by atoms with Gasteiger partial charge in [0.1, 0.15) is 11.6 Å². The van der Waals surface area contributed by atoms with Gasteiger partial charge in [0.2, 0.25) is 0 Å². The second-order valence-corrected chi connectivity index (χ2v) is 5.64. The number of aldehydes is 1. The molecule has 128 valence electrons. The Kier molecular flexibility index (Phi) is 6.26. The molecule has 0 radical (unpaired) electrons. The summed E-state index contributed by atoms with van der Waals surface area (Å²) >= 11 is 0. The van der Waals surface area contributed by atoms with E-state index in [1.165, 1.54) is 11.8 Å². The van der Waals surface area contributed by atoms with Crippen LogP contribution in [0.2, 0.25) is 0 Å². The zero-order valence-corrected chi connectivity index (χ0v) is 13.6. The second-order valence-electron chi connectivity index (χ2n) is 5.64. The Morgan fingerprint density at radius 3 is 1.96 bits per heavy atom. The van der Waals surface area contributed by atoms with E-state index in [1.807, 2.05) is 12.1 Å². The number of halogens is 2. The lowest BCUT2D eigenvalue weighted by Gasteiger charge is -2.34. The molecule has 6 heteroatoms. The van der Waals surface area contributed by atoms with Gasteiger partial charge < -0.3 is 15.5 Å². The minimum absolute atomic E-state index is 0.157. The molecule has 24 heavy (non-hydrogen) atoms. The first-order valence-electron chi connectivity index (χ1n) is 7.69. The molecule has 2 N–H and O–H groups in total. The van der Waals surface area contributed by atoms with E-state index in [4.69, 9.17) is 5.73 Å². The first-order valence-corrected chi connectivity index (χ1v) is 7.69. The maximum atomic E-state index is 12.4. The van der Waals surface area contributed by atoms with E-state index in [0.717, 1.165) is 44.0 Å². The van der Waals surface area contributed by atoms with Gasteiger partial charge in [0.15, 0.2) is 6.29 Å². The summed E-state index contributed by atoms with van der Waals surface area (Å²) in [5.41, 5.74) is 7.26. The normalized spacial score (nSPS) is 14.7. The zero-order chi connectivity index (χ0) is 17.5. The van der Waals surface area contributed by atoms with Crippen molar-refractivity contribution >= 4 is 17.7 Å². The van der Waals surface area contributed by atoms with Crippen LogP contribution in [0.5, 0.6) is 0 Å². The van der Waals surface area contributed by atoms with Crippen molar-refractivity contribution in [2.45, 2.75) is 0 Å². The minimum atomic E-state index is -0.824. The van der Waals surface area contributed by atoms with Crippen LogP contribution in [-0.2, 0) is 0 Å². The summed E-state index contributed by atoms with van der Waals surface area (Å²) in [7, 11) is 2.17. The summed E-state index contributed by atoms with van der Waals surface area (Å²) in [6, 6.07) is 11.4. The molecule has 2 aromatic carbocycles. The Balaban J connectivity index is 0.000000185. The summed E-state index contributed by atoms with van der Waals surface area (Å²) in [4.78, 5) is 14.7. The average Bonchev–Trinajstić information content (AvgIpc) is 2.57.